The summed E-state index contributed by atoms with van der Waals surface area (Å²) in [5.74, 6) is 0.0509. The number of carbonyl (C=O) groups excluding carboxylic acids is 1. The predicted molar refractivity (Wildman–Crippen MR) is 54.8 cm³/mol. The zero-order valence-corrected chi connectivity index (χ0v) is 9.59. The number of hydrogen-bond donors (Lipinski definition) is 1. The Kier molecular flexibility index (Phi) is 3.47. The summed E-state index contributed by atoms with van der Waals surface area (Å²) in [7, 11) is 0. The molecule has 5 heteroatoms. The van der Waals surface area contributed by atoms with Crippen LogP contribution in [0.4, 0.5) is 0 Å². The van der Waals surface area contributed by atoms with Crippen LogP contribution in [-0.4, -0.2) is 48.7 Å². The van der Waals surface area contributed by atoms with Gasteiger partial charge >= 0.3 is 5.97 Å². The number of ether oxygens (including phenoxy) is 3. The van der Waals surface area contributed by atoms with Crippen molar-refractivity contribution in [3.63, 3.8) is 0 Å². The van der Waals surface area contributed by atoms with E-state index in [1.165, 1.54) is 0 Å². The molecule has 2 aliphatic heterocycles. The van der Waals surface area contributed by atoms with Crippen LogP contribution in [0.2, 0.25) is 0 Å². The van der Waals surface area contributed by atoms with Crippen molar-refractivity contribution in [2.24, 2.45) is 5.92 Å². The Morgan fingerprint density at radius 1 is 1.38 bits per heavy atom. The van der Waals surface area contributed by atoms with Gasteiger partial charge in [-0.3, -0.25) is 4.79 Å². The van der Waals surface area contributed by atoms with Crippen molar-refractivity contribution in [2.45, 2.75) is 44.7 Å². The summed E-state index contributed by atoms with van der Waals surface area (Å²) in [5, 5.41) is 9.51. The van der Waals surface area contributed by atoms with Crippen molar-refractivity contribution in [2.75, 3.05) is 13.2 Å². The minimum Gasteiger partial charge on any atom is -0.457 e. The maximum Gasteiger partial charge on any atom is 0.306 e. The van der Waals surface area contributed by atoms with Crippen LogP contribution in [0.15, 0.2) is 0 Å². The van der Waals surface area contributed by atoms with Gasteiger partial charge in [0.2, 0.25) is 0 Å². The Labute approximate surface area is 94.7 Å². The summed E-state index contributed by atoms with van der Waals surface area (Å²) in [6.07, 6.45) is -1.20. The standard InChI is InChI=1S/C11H18O5/c1-6(2)3-9(13)16-8-5-15-10-7(12)4-14-11(8)10/h6-8,10-12H,3-5H2,1-2H3/t7-,8+,10+,11+/m0/s1. The fourth-order valence-electron chi connectivity index (χ4n) is 2.10. The molecular formula is C11H18O5. The molecule has 2 aliphatic rings. The maximum atomic E-state index is 11.5. The Morgan fingerprint density at radius 3 is 2.75 bits per heavy atom. The van der Waals surface area contributed by atoms with Gasteiger partial charge in [-0.15, -0.1) is 0 Å². The highest BCUT2D eigenvalue weighted by Crippen LogP contribution is 2.29. The predicted octanol–water partition coefficient (Wildman–Crippen LogP) is 0.103. The topological polar surface area (TPSA) is 65.0 Å². The van der Waals surface area contributed by atoms with Gasteiger partial charge in [0.05, 0.1) is 13.2 Å². The van der Waals surface area contributed by atoms with Crippen LogP contribution < -0.4 is 0 Å². The molecule has 2 saturated heterocycles. The van der Waals surface area contributed by atoms with Crippen LogP contribution >= 0.6 is 0 Å². The highest BCUT2D eigenvalue weighted by molar-refractivity contribution is 5.69. The molecule has 0 aliphatic carbocycles. The van der Waals surface area contributed by atoms with Gasteiger partial charge in [0.1, 0.15) is 18.3 Å². The molecule has 0 aromatic carbocycles. The quantitative estimate of drug-likeness (QED) is 0.697. The molecule has 1 N–H and O–H groups in total. The minimum absolute atomic E-state index is 0.228. The van der Waals surface area contributed by atoms with Crippen LogP contribution in [0, 0.1) is 5.92 Å². The number of aliphatic hydroxyl groups is 1. The zero-order chi connectivity index (χ0) is 11.7. The Morgan fingerprint density at radius 2 is 2.06 bits per heavy atom. The van der Waals surface area contributed by atoms with E-state index in [1.54, 1.807) is 0 Å². The molecule has 4 atom stereocenters. The van der Waals surface area contributed by atoms with Crippen LogP contribution in [0.1, 0.15) is 20.3 Å². The number of hydrogen-bond acceptors (Lipinski definition) is 5. The minimum atomic E-state index is -0.598. The van der Waals surface area contributed by atoms with Crippen molar-refractivity contribution in [1.29, 1.82) is 0 Å². The molecule has 0 spiro atoms. The van der Waals surface area contributed by atoms with Crippen LogP contribution in [0.25, 0.3) is 0 Å². The number of carbonyl (C=O) groups is 1. The average molecular weight is 230 g/mol. The lowest BCUT2D eigenvalue weighted by Gasteiger charge is -2.17. The second kappa shape index (κ2) is 4.69. The Bertz CT molecular complexity index is 265. The van der Waals surface area contributed by atoms with E-state index in [1.807, 2.05) is 13.8 Å². The lowest BCUT2D eigenvalue weighted by Crippen LogP contribution is -2.34. The molecule has 92 valence electrons. The number of fused-ring (bicyclic) bond motifs is 1. The molecule has 2 fully saturated rings. The van der Waals surface area contributed by atoms with Gasteiger partial charge in [0.15, 0.2) is 6.10 Å². The number of esters is 1. The summed E-state index contributed by atoms with van der Waals surface area (Å²) < 4.78 is 16.0. The molecule has 0 aromatic heterocycles. The van der Waals surface area contributed by atoms with Crippen molar-refractivity contribution < 1.29 is 24.1 Å². The third-order valence-corrected chi connectivity index (χ3v) is 2.84. The van der Waals surface area contributed by atoms with Gasteiger partial charge < -0.3 is 19.3 Å². The summed E-state index contributed by atoms with van der Waals surface area (Å²) in [6.45, 7) is 4.50. The fourth-order valence-corrected chi connectivity index (χ4v) is 2.10. The van der Waals surface area contributed by atoms with E-state index < -0.39 is 6.10 Å². The second-order valence-electron chi connectivity index (χ2n) is 4.79. The molecule has 2 rings (SSSR count). The Balaban J connectivity index is 1.85. The molecule has 0 bridgehead atoms. The molecule has 5 nitrogen and oxygen atoms in total. The normalized spacial score (nSPS) is 37.8. The second-order valence-corrected chi connectivity index (χ2v) is 4.79. The summed E-state index contributed by atoms with van der Waals surface area (Å²) in [5.41, 5.74) is 0. The summed E-state index contributed by atoms with van der Waals surface area (Å²) in [6, 6.07) is 0. The lowest BCUT2D eigenvalue weighted by atomic mass is 10.1. The molecule has 0 amide bonds. The SMILES string of the molecule is CC(C)CC(=O)O[C@@H]1CO[C@H]2[C@@H]1OC[C@@H]2O. The van der Waals surface area contributed by atoms with E-state index in [4.69, 9.17) is 14.2 Å². The molecule has 16 heavy (non-hydrogen) atoms. The third-order valence-electron chi connectivity index (χ3n) is 2.84. The maximum absolute atomic E-state index is 11.5. The first-order valence-electron chi connectivity index (χ1n) is 5.68. The van der Waals surface area contributed by atoms with E-state index in [0.29, 0.717) is 13.0 Å². The van der Waals surface area contributed by atoms with Gasteiger partial charge in [-0.2, -0.15) is 0 Å². The first-order chi connectivity index (χ1) is 7.58. The van der Waals surface area contributed by atoms with E-state index in [0.717, 1.165) is 0 Å². The fraction of sp³-hybridized carbons (Fsp3) is 0.909. The van der Waals surface area contributed by atoms with Gasteiger partial charge in [0, 0.05) is 6.42 Å². The van der Waals surface area contributed by atoms with Crippen molar-refractivity contribution in [3.8, 4) is 0 Å². The average Bonchev–Trinajstić information content (AvgIpc) is 2.70. The number of aliphatic hydroxyl groups excluding tert-OH is 1. The van der Waals surface area contributed by atoms with E-state index >= 15 is 0 Å². The molecule has 2 heterocycles. The monoisotopic (exact) mass is 230 g/mol. The van der Waals surface area contributed by atoms with Gasteiger partial charge in [0.25, 0.3) is 0 Å². The van der Waals surface area contributed by atoms with Crippen molar-refractivity contribution in [3.05, 3.63) is 0 Å². The largest absolute Gasteiger partial charge is 0.457 e. The van der Waals surface area contributed by atoms with Crippen molar-refractivity contribution in [1.82, 2.24) is 0 Å². The highest BCUT2D eigenvalue weighted by Gasteiger charge is 2.48. The van der Waals surface area contributed by atoms with E-state index in [2.05, 4.69) is 0 Å². The zero-order valence-electron chi connectivity index (χ0n) is 9.59. The molecular weight excluding hydrogens is 212 g/mol. The van der Waals surface area contributed by atoms with E-state index in [-0.39, 0.29) is 36.8 Å². The van der Waals surface area contributed by atoms with Crippen LogP contribution in [0.3, 0.4) is 0 Å². The summed E-state index contributed by atoms with van der Waals surface area (Å²) >= 11 is 0. The van der Waals surface area contributed by atoms with Crippen LogP contribution in [-0.2, 0) is 19.0 Å². The number of rotatable bonds is 3. The molecule has 0 saturated carbocycles. The van der Waals surface area contributed by atoms with Gasteiger partial charge in [-0.05, 0) is 5.92 Å². The lowest BCUT2D eigenvalue weighted by molar-refractivity contribution is -0.154. The molecule has 0 unspecified atom stereocenters. The molecule has 0 radical (unpaired) electrons. The first kappa shape index (κ1) is 11.8. The van der Waals surface area contributed by atoms with Gasteiger partial charge in [-0.1, -0.05) is 13.8 Å². The molecule has 0 aromatic rings. The smallest absolute Gasteiger partial charge is 0.306 e. The van der Waals surface area contributed by atoms with Crippen molar-refractivity contribution >= 4 is 5.97 Å². The van der Waals surface area contributed by atoms with Crippen LogP contribution in [0.5, 0.6) is 0 Å². The summed E-state index contributed by atoms with van der Waals surface area (Å²) in [4.78, 5) is 11.5. The highest BCUT2D eigenvalue weighted by atomic mass is 16.6. The first-order valence-corrected chi connectivity index (χ1v) is 5.68. The van der Waals surface area contributed by atoms with Gasteiger partial charge in [-0.25, -0.2) is 0 Å². The Hall–Kier alpha value is -0.650. The van der Waals surface area contributed by atoms with E-state index in [9.17, 15) is 9.90 Å². The third kappa shape index (κ3) is 2.36.